The predicted octanol–water partition coefficient (Wildman–Crippen LogP) is 3.30. The van der Waals surface area contributed by atoms with Crippen LogP contribution in [-0.2, 0) is 0 Å². The van der Waals surface area contributed by atoms with E-state index in [1.807, 2.05) is 0 Å². The van der Waals surface area contributed by atoms with Crippen LogP contribution in [0, 0.1) is 10.1 Å². The molecule has 0 saturated carbocycles. The van der Waals surface area contributed by atoms with E-state index in [0.717, 1.165) is 12.1 Å². The molecule has 6 nitrogen and oxygen atoms in total. The van der Waals surface area contributed by atoms with Crippen molar-refractivity contribution in [1.29, 1.82) is 0 Å². The molecule has 2 aromatic rings. The average molecular weight is 273 g/mol. The number of hydrogen-bond acceptors (Lipinski definition) is 5. The normalized spacial score (nSPS) is 10.1. The number of nitrogens with zero attached hydrogens (tertiary/aromatic N) is 1. The van der Waals surface area contributed by atoms with Crippen molar-refractivity contribution < 1.29 is 19.6 Å². The van der Waals surface area contributed by atoms with Crippen LogP contribution in [0.5, 0.6) is 17.2 Å². The maximum atomic E-state index is 11.3. The van der Waals surface area contributed by atoms with Crippen molar-refractivity contribution in [2.75, 3.05) is 0 Å². The van der Waals surface area contributed by atoms with Gasteiger partial charge < -0.3 is 9.84 Å². The highest BCUT2D eigenvalue weighted by Gasteiger charge is 2.21. The van der Waals surface area contributed by atoms with E-state index in [0.29, 0.717) is 5.75 Å². The molecule has 20 heavy (non-hydrogen) atoms. The first kappa shape index (κ1) is 13.5. The lowest BCUT2D eigenvalue weighted by atomic mass is 10.1. The van der Waals surface area contributed by atoms with Gasteiger partial charge in [0.25, 0.3) is 0 Å². The molecule has 2 aromatic carbocycles. The number of ether oxygens (including phenoxy) is 1. The third-order valence-electron chi connectivity index (χ3n) is 2.62. The van der Waals surface area contributed by atoms with Crippen LogP contribution in [0.1, 0.15) is 17.3 Å². The van der Waals surface area contributed by atoms with Gasteiger partial charge in [-0.2, -0.15) is 0 Å². The summed E-state index contributed by atoms with van der Waals surface area (Å²) >= 11 is 0. The molecule has 0 radical (unpaired) electrons. The number of carbonyl (C=O) groups excluding carboxylic acids is 1. The van der Waals surface area contributed by atoms with Gasteiger partial charge in [-0.05, 0) is 19.1 Å². The summed E-state index contributed by atoms with van der Waals surface area (Å²) in [5, 5.41) is 20.8. The fourth-order valence-corrected chi connectivity index (χ4v) is 1.68. The van der Waals surface area contributed by atoms with Crippen LogP contribution in [0.2, 0.25) is 0 Å². The Labute approximate surface area is 114 Å². The fraction of sp³-hybridized carbons (Fsp3) is 0.0714. The smallest absolute Gasteiger partial charge is 0.312 e. The molecule has 0 fully saturated rings. The summed E-state index contributed by atoms with van der Waals surface area (Å²) in [5.74, 6) is -0.542. The van der Waals surface area contributed by atoms with Gasteiger partial charge in [-0.15, -0.1) is 0 Å². The van der Waals surface area contributed by atoms with E-state index in [1.54, 1.807) is 30.3 Å². The van der Waals surface area contributed by atoms with Crippen molar-refractivity contribution >= 4 is 11.5 Å². The lowest BCUT2D eigenvalue weighted by Crippen LogP contribution is -1.99. The Morgan fingerprint density at radius 1 is 1.25 bits per heavy atom. The number of para-hydroxylation sites is 1. The van der Waals surface area contributed by atoms with Crippen LogP contribution >= 0.6 is 0 Å². The molecule has 6 heteroatoms. The largest absolute Gasteiger partial charge is 0.507 e. The number of rotatable bonds is 4. The quantitative estimate of drug-likeness (QED) is 0.524. The summed E-state index contributed by atoms with van der Waals surface area (Å²) in [5.41, 5.74) is -0.492. The van der Waals surface area contributed by atoms with Crippen LogP contribution in [0.15, 0.2) is 42.5 Å². The minimum atomic E-state index is -0.663. The number of phenols is 1. The number of carbonyl (C=O) groups is 1. The van der Waals surface area contributed by atoms with Gasteiger partial charge in [-0.1, -0.05) is 18.2 Å². The summed E-state index contributed by atoms with van der Waals surface area (Å²) in [6.07, 6.45) is 0. The van der Waals surface area contributed by atoms with E-state index in [9.17, 15) is 20.0 Å². The van der Waals surface area contributed by atoms with Gasteiger partial charge in [0, 0.05) is 12.1 Å². The molecular weight excluding hydrogens is 262 g/mol. The number of ketones is 1. The number of nitro benzene ring substituents is 1. The average Bonchev–Trinajstić information content (AvgIpc) is 2.39. The first-order valence-electron chi connectivity index (χ1n) is 5.74. The number of Topliss-reactive ketones (excluding diaryl/α,β-unsaturated/α-hetero) is 1. The third-order valence-corrected chi connectivity index (χ3v) is 2.62. The van der Waals surface area contributed by atoms with E-state index in [4.69, 9.17) is 4.74 Å². The zero-order chi connectivity index (χ0) is 14.7. The lowest BCUT2D eigenvalue weighted by molar-refractivity contribution is -0.385. The van der Waals surface area contributed by atoms with Crippen molar-refractivity contribution in [3.63, 3.8) is 0 Å². The standard InChI is InChI=1S/C14H11NO5/c1-9(16)11-7-12(15(18)19)14(8-13(11)17)20-10-5-3-2-4-6-10/h2-8,17H,1H3. The van der Waals surface area contributed by atoms with Crippen molar-refractivity contribution in [2.24, 2.45) is 0 Å². The molecule has 0 bridgehead atoms. The Hall–Kier alpha value is -2.89. The number of phenolic OH excluding ortho intramolecular Hbond substituents is 1. The molecule has 102 valence electrons. The van der Waals surface area contributed by atoms with Crippen molar-refractivity contribution in [2.45, 2.75) is 6.92 Å². The van der Waals surface area contributed by atoms with Crippen LogP contribution in [0.3, 0.4) is 0 Å². The zero-order valence-electron chi connectivity index (χ0n) is 10.6. The van der Waals surface area contributed by atoms with E-state index < -0.39 is 10.7 Å². The van der Waals surface area contributed by atoms with E-state index in [-0.39, 0.29) is 22.7 Å². The molecular formula is C14H11NO5. The van der Waals surface area contributed by atoms with Crippen LogP contribution in [0.4, 0.5) is 5.69 Å². The molecule has 0 aliphatic carbocycles. The SMILES string of the molecule is CC(=O)c1cc([N+](=O)[O-])c(Oc2ccccc2)cc1O. The van der Waals surface area contributed by atoms with E-state index in [1.165, 1.54) is 6.92 Å². The number of nitro groups is 1. The summed E-state index contributed by atoms with van der Waals surface area (Å²) in [4.78, 5) is 21.7. The highest BCUT2D eigenvalue weighted by molar-refractivity contribution is 5.97. The number of benzene rings is 2. The Kier molecular flexibility index (Phi) is 3.65. The summed E-state index contributed by atoms with van der Waals surface area (Å²) in [6, 6.07) is 10.5. The monoisotopic (exact) mass is 273 g/mol. The maximum absolute atomic E-state index is 11.3. The second-order valence-electron chi connectivity index (χ2n) is 4.07. The molecule has 0 aliphatic rings. The fourth-order valence-electron chi connectivity index (χ4n) is 1.68. The van der Waals surface area contributed by atoms with Gasteiger partial charge in [-0.25, -0.2) is 0 Å². The van der Waals surface area contributed by atoms with E-state index >= 15 is 0 Å². The minimum absolute atomic E-state index is 0.114. The second-order valence-corrected chi connectivity index (χ2v) is 4.07. The first-order valence-corrected chi connectivity index (χ1v) is 5.74. The zero-order valence-corrected chi connectivity index (χ0v) is 10.6. The Balaban J connectivity index is 2.49. The molecule has 2 rings (SSSR count). The van der Waals surface area contributed by atoms with Crippen LogP contribution in [-0.4, -0.2) is 15.8 Å². The van der Waals surface area contributed by atoms with Gasteiger partial charge >= 0.3 is 5.69 Å². The molecule has 0 aromatic heterocycles. The highest BCUT2D eigenvalue weighted by atomic mass is 16.6. The topological polar surface area (TPSA) is 89.7 Å². The highest BCUT2D eigenvalue weighted by Crippen LogP contribution is 2.36. The third kappa shape index (κ3) is 2.74. The molecule has 1 N–H and O–H groups in total. The molecule has 0 amide bonds. The predicted molar refractivity (Wildman–Crippen MR) is 71.3 cm³/mol. The molecule has 0 spiro atoms. The molecule has 0 aliphatic heterocycles. The minimum Gasteiger partial charge on any atom is -0.507 e. The summed E-state index contributed by atoms with van der Waals surface area (Å²) in [7, 11) is 0. The van der Waals surface area contributed by atoms with Gasteiger partial charge in [0.15, 0.2) is 5.78 Å². The van der Waals surface area contributed by atoms with Gasteiger partial charge in [0.1, 0.15) is 11.5 Å². The van der Waals surface area contributed by atoms with Gasteiger partial charge in [0.05, 0.1) is 10.5 Å². The number of aromatic hydroxyl groups is 1. The Morgan fingerprint density at radius 3 is 2.45 bits per heavy atom. The van der Waals surface area contributed by atoms with Gasteiger partial charge in [-0.3, -0.25) is 14.9 Å². The maximum Gasteiger partial charge on any atom is 0.312 e. The lowest BCUT2D eigenvalue weighted by Gasteiger charge is -2.08. The summed E-state index contributed by atoms with van der Waals surface area (Å²) < 4.78 is 5.37. The molecule has 0 saturated heterocycles. The van der Waals surface area contributed by atoms with Crippen molar-refractivity contribution in [3.8, 4) is 17.2 Å². The van der Waals surface area contributed by atoms with Gasteiger partial charge in [0.2, 0.25) is 5.75 Å². The van der Waals surface area contributed by atoms with Crippen molar-refractivity contribution in [3.05, 3.63) is 58.1 Å². The first-order chi connectivity index (χ1) is 9.49. The van der Waals surface area contributed by atoms with Crippen molar-refractivity contribution in [1.82, 2.24) is 0 Å². The van der Waals surface area contributed by atoms with Crippen LogP contribution in [0.25, 0.3) is 0 Å². The molecule has 0 heterocycles. The Morgan fingerprint density at radius 2 is 1.90 bits per heavy atom. The van der Waals surface area contributed by atoms with E-state index in [2.05, 4.69) is 0 Å². The Bertz CT molecular complexity index is 667. The molecule has 0 unspecified atom stereocenters. The second kappa shape index (κ2) is 5.40. The molecule has 0 atom stereocenters. The van der Waals surface area contributed by atoms with Crippen LogP contribution < -0.4 is 4.74 Å². The summed E-state index contributed by atoms with van der Waals surface area (Å²) in [6.45, 7) is 1.22. The number of hydrogen-bond donors (Lipinski definition) is 1.